The zero-order valence-electron chi connectivity index (χ0n) is 64.1. The molecule has 0 bridgehead atoms. The molecule has 586 valence electrons. The van der Waals surface area contributed by atoms with Crippen LogP contribution in [0.15, 0.2) is 0 Å². The van der Waals surface area contributed by atoms with Crippen LogP contribution in [0, 0.1) is 41.4 Å². The van der Waals surface area contributed by atoms with Crippen molar-refractivity contribution >= 4 is 82.5 Å². The van der Waals surface area contributed by atoms with Crippen molar-refractivity contribution in [1.29, 1.82) is 0 Å². The second kappa shape index (κ2) is 36.5. The summed E-state index contributed by atoms with van der Waals surface area (Å²) in [5.74, 6) is -9.80. The second-order valence-electron chi connectivity index (χ2n) is 32.8. The summed E-state index contributed by atoms with van der Waals surface area (Å²) < 4.78 is 42.2. The van der Waals surface area contributed by atoms with Gasteiger partial charge in [-0.25, -0.2) is 0 Å². The van der Waals surface area contributed by atoms with Crippen LogP contribution in [0.2, 0.25) is 0 Å². The van der Waals surface area contributed by atoms with Crippen LogP contribution in [-0.4, -0.2) is 261 Å². The molecule has 12 amide bonds. The van der Waals surface area contributed by atoms with Crippen LogP contribution >= 0.6 is 11.6 Å². The molecule has 4 saturated carbocycles. The molecule has 4 heterocycles. The van der Waals surface area contributed by atoms with Crippen molar-refractivity contribution in [2.75, 3.05) is 75.0 Å². The van der Waals surface area contributed by atoms with Crippen LogP contribution < -0.4 is 16.0 Å². The highest BCUT2D eigenvalue weighted by Gasteiger charge is 2.53. The maximum absolute atomic E-state index is 15.9. The van der Waals surface area contributed by atoms with Crippen molar-refractivity contribution in [2.24, 2.45) is 41.4 Å². The van der Waals surface area contributed by atoms with Gasteiger partial charge in [-0.15, -0.1) is 11.6 Å². The molecule has 1 spiro atoms. The third kappa shape index (κ3) is 19.7. The maximum atomic E-state index is 15.9. The molecule has 0 aromatic heterocycles. The fourth-order valence-corrected chi connectivity index (χ4v) is 18.4. The third-order valence-electron chi connectivity index (χ3n) is 25.1. The number of amides is 12. The number of carbonyl (C=O) groups excluding carboxylic acids is 12. The zero-order chi connectivity index (χ0) is 76.4. The second-order valence-corrected chi connectivity index (χ2v) is 33.4. The quantitative estimate of drug-likeness (QED) is 0.173. The van der Waals surface area contributed by atoms with Gasteiger partial charge >= 0.3 is 6.18 Å². The van der Waals surface area contributed by atoms with Gasteiger partial charge in [0.25, 0.3) is 0 Å². The van der Waals surface area contributed by atoms with Gasteiger partial charge in [0.2, 0.25) is 70.9 Å². The van der Waals surface area contributed by atoms with Crippen LogP contribution in [0.4, 0.5) is 13.2 Å². The summed E-state index contributed by atoms with van der Waals surface area (Å²) >= 11 is 6.44. The molecule has 4 saturated heterocycles. The minimum atomic E-state index is -4.51. The lowest BCUT2D eigenvalue weighted by atomic mass is 9.78. The molecule has 8 rings (SSSR count). The highest BCUT2D eigenvalue weighted by molar-refractivity contribution is 6.21. The molecule has 3 N–H and O–H groups in total. The molecule has 4 aliphatic heterocycles. The molecular formula is C76H122ClF3N12O12. The number of nitrogens with zero attached hydrogens (tertiary/aromatic N) is 9. The number of halogens is 4. The first-order valence-corrected chi connectivity index (χ1v) is 39.6. The van der Waals surface area contributed by atoms with Crippen LogP contribution in [0.5, 0.6) is 0 Å². The number of carbonyl (C=O) groups is 12. The fraction of sp³-hybridized carbons (Fsp3) is 0.842. The Bertz CT molecular complexity index is 3060. The predicted molar refractivity (Wildman–Crippen MR) is 386 cm³/mol. The fourth-order valence-electron chi connectivity index (χ4n) is 17.9. The molecule has 3 unspecified atom stereocenters. The van der Waals surface area contributed by atoms with Gasteiger partial charge in [0, 0.05) is 73.8 Å². The lowest BCUT2D eigenvalue weighted by Gasteiger charge is -2.45. The van der Waals surface area contributed by atoms with E-state index in [4.69, 9.17) is 11.6 Å². The Balaban J connectivity index is 1.18. The molecule has 28 heteroatoms. The molecular weight excluding hydrogens is 1370 g/mol. The minimum Gasteiger partial charge on any atom is -0.343 e. The average Bonchev–Trinajstić information content (AvgIpc) is 1.31. The Morgan fingerprint density at radius 3 is 1.81 bits per heavy atom. The Morgan fingerprint density at radius 1 is 0.587 bits per heavy atom. The summed E-state index contributed by atoms with van der Waals surface area (Å²) in [7, 11) is 8.86. The van der Waals surface area contributed by atoms with Gasteiger partial charge in [0.05, 0.1) is 18.9 Å². The smallest absolute Gasteiger partial charge is 0.343 e. The van der Waals surface area contributed by atoms with Crippen molar-refractivity contribution in [3.63, 3.8) is 0 Å². The SMILES string of the molecule is CC[C@H](C)[C@@H]1NC(=O)[C@H](CC(C)C)N(C)C(=O)C[C@@H](C(=O)N2CCCCC2)N(C)C(=O)[C@H](C2CCCCC2)N(C)C(=O)C2(CCCC2)NC(=O)[C@@H]2CCCN2C(=O)[C@H](CCC2CCC(C(F)(F)F)C(Cl)C2)NC(=O)CN(C)C(=O)[C@H](CC2CCC(C)CC2)N(C)C(=O)[C@@H]2CCN2C(=O)[C@H](C)N(C)C1=O. The highest BCUT2D eigenvalue weighted by atomic mass is 35.5. The Kier molecular flexibility index (Phi) is 29.3. The number of fused-ring (bicyclic) bond motifs is 2. The van der Waals surface area contributed by atoms with Gasteiger partial charge in [-0.1, -0.05) is 98.8 Å². The van der Waals surface area contributed by atoms with Crippen molar-refractivity contribution < 1.29 is 70.7 Å². The molecule has 0 aromatic carbocycles. The molecule has 4 aliphatic carbocycles. The first-order valence-electron chi connectivity index (χ1n) is 39.2. The highest BCUT2D eigenvalue weighted by Crippen LogP contribution is 2.44. The van der Waals surface area contributed by atoms with Gasteiger partial charge in [-0.2, -0.15) is 13.2 Å². The largest absolute Gasteiger partial charge is 0.393 e. The molecule has 0 radical (unpaired) electrons. The summed E-state index contributed by atoms with van der Waals surface area (Å²) in [5.41, 5.74) is -1.55. The normalized spacial score (nSPS) is 32.5. The third-order valence-corrected chi connectivity index (χ3v) is 25.6. The number of piperidine rings is 1. The molecule has 24 nitrogen and oxygen atoms in total. The number of nitrogens with one attached hydrogen (secondary N) is 3. The summed E-state index contributed by atoms with van der Waals surface area (Å²) in [6.07, 6.45) is 7.22. The summed E-state index contributed by atoms with van der Waals surface area (Å²) in [6.45, 7) is 11.5. The van der Waals surface area contributed by atoms with Gasteiger partial charge in [0.15, 0.2) is 0 Å². The van der Waals surface area contributed by atoms with E-state index in [0.717, 1.165) is 51.4 Å². The van der Waals surface area contributed by atoms with E-state index in [9.17, 15) is 32.3 Å². The Labute approximate surface area is 619 Å². The van der Waals surface area contributed by atoms with E-state index in [1.165, 1.54) is 81.4 Å². The number of hydrogen-bond acceptors (Lipinski definition) is 12. The van der Waals surface area contributed by atoms with Crippen LogP contribution in [-0.2, 0) is 57.5 Å². The average molecular weight is 1490 g/mol. The van der Waals surface area contributed by atoms with E-state index < -0.39 is 173 Å². The topological polar surface area (TPSA) is 270 Å². The van der Waals surface area contributed by atoms with E-state index in [-0.39, 0.29) is 101 Å². The lowest BCUT2D eigenvalue weighted by molar-refractivity contribution is -0.182. The first kappa shape index (κ1) is 83.4. The first-order chi connectivity index (χ1) is 49.1. The van der Waals surface area contributed by atoms with Crippen molar-refractivity contribution in [3.8, 4) is 0 Å². The van der Waals surface area contributed by atoms with Crippen LogP contribution in [0.25, 0.3) is 0 Å². The van der Waals surface area contributed by atoms with E-state index >= 15 is 38.4 Å². The Morgan fingerprint density at radius 2 is 1.21 bits per heavy atom. The van der Waals surface area contributed by atoms with E-state index in [1.54, 1.807) is 18.9 Å². The molecule has 8 fully saturated rings. The van der Waals surface area contributed by atoms with Crippen molar-refractivity contribution in [2.45, 2.75) is 293 Å². The molecule has 8 aliphatic rings. The van der Waals surface area contributed by atoms with Crippen LogP contribution in [0.1, 0.15) is 221 Å². The Hall–Kier alpha value is -6.28. The number of alkyl halides is 4. The van der Waals surface area contributed by atoms with Gasteiger partial charge in [-0.3, -0.25) is 57.5 Å². The molecule has 13 atom stereocenters. The summed E-state index contributed by atoms with van der Waals surface area (Å²) in [6, 6.07) is -10.7. The van der Waals surface area contributed by atoms with Gasteiger partial charge in [-0.05, 0) is 152 Å². The lowest BCUT2D eigenvalue weighted by Crippen LogP contribution is -2.65. The summed E-state index contributed by atoms with van der Waals surface area (Å²) in [4.78, 5) is 194. The van der Waals surface area contributed by atoms with Gasteiger partial charge in [0.1, 0.15) is 59.9 Å². The predicted octanol–water partition coefficient (Wildman–Crippen LogP) is 7.26. The number of rotatable bonds is 11. The monoisotopic (exact) mass is 1490 g/mol. The van der Waals surface area contributed by atoms with E-state index in [0.29, 0.717) is 70.4 Å². The van der Waals surface area contributed by atoms with Crippen molar-refractivity contribution in [1.82, 2.24) is 60.0 Å². The van der Waals surface area contributed by atoms with E-state index in [1.807, 2.05) is 20.8 Å². The summed E-state index contributed by atoms with van der Waals surface area (Å²) in [5, 5.41) is 7.73. The van der Waals surface area contributed by atoms with E-state index in [2.05, 4.69) is 22.9 Å². The van der Waals surface area contributed by atoms with Crippen molar-refractivity contribution in [3.05, 3.63) is 0 Å². The molecule has 0 aromatic rings. The number of likely N-dealkylation sites (tertiary alicyclic amines) is 1. The number of hydrogen-bond donors (Lipinski definition) is 3. The zero-order valence-corrected chi connectivity index (χ0v) is 64.8. The van der Waals surface area contributed by atoms with Crippen LogP contribution in [0.3, 0.4) is 0 Å². The molecule has 104 heavy (non-hydrogen) atoms. The standard InChI is InChI=1S/C76H122ClF3N12O12/c1-13-48(5)63-72(102)85(8)49(6)67(97)92-40-34-57(92)70(100)87(10)59(43-51-28-26-47(4)27-29-51)69(99)84(7)45-61(93)81-55(33-31-50-30-32-53(54(77)42-50)76(78,79)80)68(98)91-39-22-25-56(91)66(96)83-75(35-18-19-36-75)74(104)89(12)64(52-23-16-14-17-24-52)73(103)88(11)60(71(101)90-37-20-15-21-38-90)44-62(94)86(9)58(41-46(2)3)65(95)82-63/h46-60,63-64H,13-45H2,1-12H3,(H,81,93)(H,82,95)(H,83,96)/t47?,48-,49-,50?,51?,53?,54?,55-,56-,57-,58-,59-,60-,63-,64-/m0/s1. The minimum absolute atomic E-state index is 0.00387. The maximum Gasteiger partial charge on any atom is 0.393 e. The van der Waals surface area contributed by atoms with Gasteiger partial charge < -0.3 is 60.0 Å². The number of likely N-dealkylation sites (N-methyl/N-ethyl adjacent to an activating group) is 6.